The zero-order valence-corrected chi connectivity index (χ0v) is 20.0. The van der Waals surface area contributed by atoms with Crippen molar-refractivity contribution in [3.05, 3.63) is 69.3 Å². The number of aryl methyl sites for hydroxylation is 2. The van der Waals surface area contributed by atoms with Crippen molar-refractivity contribution in [2.24, 2.45) is 0 Å². The van der Waals surface area contributed by atoms with Crippen molar-refractivity contribution in [1.82, 2.24) is 9.88 Å². The van der Waals surface area contributed by atoms with Gasteiger partial charge in [0.2, 0.25) is 0 Å². The lowest BCUT2D eigenvalue weighted by Gasteiger charge is -2.36. The quantitative estimate of drug-likeness (QED) is 0.396. The molecule has 1 atom stereocenters. The van der Waals surface area contributed by atoms with E-state index in [0.29, 0.717) is 29.7 Å². The van der Waals surface area contributed by atoms with E-state index in [4.69, 9.17) is 9.15 Å². The maximum Gasteiger partial charge on any atom is 0.336 e. The number of hydrogen-bond acceptors (Lipinski definition) is 7. The first-order chi connectivity index (χ1) is 16.3. The van der Waals surface area contributed by atoms with Gasteiger partial charge in [0.1, 0.15) is 11.3 Å². The minimum absolute atomic E-state index is 0.0779. The molecule has 1 aromatic carbocycles. The molecule has 1 aliphatic rings. The molecule has 3 aromatic rings. The number of fused-ring (bicyclic) bond motifs is 1. The predicted octanol–water partition coefficient (Wildman–Crippen LogP) is 4.81. The van der Waals surface area contributed by atoms with Crippen LogP contribution in [-0.4, -0.2) is 33.6 Å². The van der Waals surface area contributed by atoms with Crippen LogP contribution in [0.4, 0.5) is 0 Å². The van der Waals surface area contributed by atoms with Crippen LogP contribution in [0.5, 0.6) is 5.75 Å². The van der Waals surface area contributed by atoms with Crippen LogP contribution in [0.15, 0.2) is 45.9 Å². The Morgan fingerprint density at radius 2 is 2.15 bits per heavy atom. The monoisotopic (exact) mass is 464 g/mol. The van der Waals surface area contributed by atoms with Crippen molar-refractivity contribution in [1.29, 1.82) is 0 Å². The minimum Gasteiger partial charge on any atom is -0.507 e. The van der Waals surface area contributed by atoms with Crippen LogP contribution in [0.1, 0.15) is 67.8 Å². The van der Waals surface area contributed by atoms with Gasteiger partial charge in [-0.15, -0.1) is 0 Å². The number of phenols is 1. The number of ether oxygens (including phenoxy) is 1. The number of benzene rings is 1. The smallest absolute Gasteiger partial charge is 0.336 e. The highest BCUT2D eigenvalue weighted by atomic mass is 16.5. The third kappa shape index (κ3) is 5.30. The average molecular weight is 465 g/mol. The van der Waals surface area contributed by atoms with Crippen molar-refractivity contribution in [3.8, 4) is 5.75 Å². The second kappa shape index (κ2) is 10.4. The number of hydrogen-bond donors (Lipinski definition) is 1. The maximum absolute atomic E-state index is 12.2. The number of nitrogens with zero attached hydrogens (tertiary/aromatic N) is 2. The number of piperidine rings is 1. The van der Waals surface area contributed by atoms with Crippen molar-refractivity contribution < 1.29 is 19.1 Å². The number of carbonyl (C=O) groups excluding carboxylic acids is 1. The Balaban J connectivity index is 1.73. The van der Waals surface area contributed by atoms with Gasteiger partial charge >= 0.3 is 11.6 Å². The average Bonchev–Trinajstić information content (AvgIpc) is 2.80. The molecule has 0 bridgehead atoms. The molecular formula is C27H32N2O5. The summed E-state index contributed by atoms with van der Waals surface area (Å²) in [5.74, 6) is -0.228. The molecule has 0 radical (unpaired) electrons. The molecule has 0 unspecified atom stereocenters. The summed E-state index contributed by atoms with van der Waals surface area (Å²) >= 11 is 0. The molecule has 34 heavy (non-hydrogen) atoms. The first-order valence-electron chi connectivity index (χ1n) is 11.9. The van der Waals surface area contributed by atoms with Crippen molar-refractivity contribution in [3.63, 3.8) is 0 Å². The largest absolute Gasteiger partial charge is 0.507 e. The summed E-state index contributed by atoms with van der Waals surface area (Å²) in [6.45, 7) is 6.77. The standard InChI is InChI=1S/C27H32N2O5/c1-17(2)33-24(30)10-9-19-14-21-18(3)13-25(31)34-27(21)22(26(19)32)16-29-12-5-4-8-23(29)20-7-6-11-28-15-20/h6-7,11,13-15,17,23,32H,4-5,8-10,12,16H2,1-3H3/t23-/m0/s1. The van der Waals surface area contributed by atoms with Gasteiger partial charge in [-0.3, -0.25) is 14.7 Å². The second-order valence-electron chi connectivity index (χ2n) is 9.30. The highest BCUT2D eigenvalue weighted by molar-refractivity contribution is 5.86. The fourth-order valence-electron chi connectivity index (χ4n) is 4.80. The van der Waals surface area contributed by atoms with Crippen LogP contribution < -0.4 is 5.63 Å². The van der Waals surface area contributed by atoms with E-state index < -0.39 is 5.63 Å². The molecule has 4 rings (SSSR count). The molecule has 1 aliphatic heterocycles. The van der Waals surface area contributed by atoms with E-state index in [0.717, 1.165) is 42.3 Å². The number of esters is 1. The second-order valence-corrected chi connectivity index (χ2v) is 9.30. The Labute approximate surface area is 199 Å². The fourth-order valence-corrected chi connectivity index (χ4v) is 4.80. The Kier molecular flexibility index (Phi) is 7.32. The van der Waals surface area contributed by atoms with Crippen molar-refractivity contribution in [2.45, 2.75) is 71.6 Å². The molecule has 0 aliphatic carbocycles. The highest BCUT2D eigenvalue weighted by Crippen LogP contribution is 2.38. The first-order valence-corrected chi connectivity index (χ1v) is 11.9. The molecule has 3 heterocycles. The number of pyridine rings is 1. The van der Waals surface area contributed by atoms with Crippen molar-refractivity contribution >= 4 is 16.9 Å². The van der Waals surface area contributed by atoms with E-state index in [-0.39, 0.29) is 30.3 Å². The maximum atomic E-state index is 12.2. The van der Waals surface area contributed by atoms with Gasteiger partial charge < -0.3 is 14.3 Å². The van der Waals surface area contributed by atoms with Gasteiger partial charge in [-0.25, -0.2) is 4.79 Å². The first kappa shape index (κ1) is 24.0. The Morgan fingerprint density at radius 3 is 2.88 bits per heavy atom. The van der Waals surface area contributed by atoms with E-state index in [1.54, 1.807) is 6.20 Å². The zero-order chi connectivity index (χ0) is 24.2. The number of carbonyl (C=O) groups is 1. The third-order valence-electron chi connectivity index (χ3n) is 6.40. The molecule has 7 nitrogen and oxygen atoms in total. The van der Waals surface area contributed by atoms with Gasteiger partial charge in [0, 0.05) is 42.9 Å². The van der Waals surface area contributed by atoms with Crippen LogP contribution in [0, 0.1) is 6.92 Å². The predicted molar refractivity (Wildman–Crippen MR) is 130 cm³/mol. The molecule has 0 saturated carbocycles. The summed E-state index contributed by atoms with van der Waals surface area (Å²) in [5.41, 5.74) is 3.11. The zero-order valence-electron chi connectivity index (χ0n) is 20.0. The third-order valence-corrected chi connectivity index (χ3v) is 6.40. The summed E-state index contributed by atoms with van der Waals surface area (Å²) in [4.78, 5) is 31.0. The molecule has 1 N–H and O–H groups in total. The normalized spacial score (nSPS) is 16.8. The lowest BCUT2D eigenvalue weighted by Crippen LogP contribution is -2.33. The molecule has 0 amide bonds. The molecule has 7 heteroatoms. The topological polar surface area (TPSA) is 92.9 Å². The van der Waals surface area contributed by atoms with Crippen molar-refractivity contribution in [2.75, 3.05) is 6.54 Å². The number of aromatic nitrogens is 1. The Bertz CT molecular complexity index is 1220. The summed E-state index contributed by atoms with van der Waals surface area (Å²) in [6, 6.07) is 7.46. The summed E-state index contributed by atoms with van der Waals surface area (Å²) in [5, 5.41) is 12.1. The van der Waals surface area contributed by atoms with E-state index in [1.807, 2.05) is 39.1 Å². The molecular weight excluding hydrogens is 432 g/mol. The van der Waals surface area contributed by atoms with Crippen LogP contribution in [-0.2, 0) is 22.5 Å². The molecule has 180 valence electrons. The lowest BCUT2D eigenvalue weighted by atomic mass is 9.94. The molecule has 2 aromatic heterocycles. The van der Waals surface area contributed by atoms with Gasteiger partial charge in [-0.05, 0) is 75.4 Å². The summed E-state index contributed by atoms with van der Waals surface area (Å²) in [6.07, 6.45) is 7.14. The lowest BCUT2D eigenvalue weighted by molar-refractivity contribution is -0.147. The van der Waals surface area contributed by atoms with E-state index in [1.165, 1.54) is 6.07 Å². The Hall–Kier alpha value is -3.19. The van der Waals surface area contributed by atoms with Crippen LogP contribution >= 0.6 is 0 Å². The molecule has 1 saturated heterocycles. The SMILES string of the molecule is Cc1cc(=O)oc2c(CN3CCCC[C@H]3c3cccnc3)c(O)c(CCC(=O)OC(C)C)cc12. The van der Waals surface area contributed by atoms with Gasteiger partial charge in [0.15, 0.2) is 0 Å². The van der Waals surface area contributed by atoms with E-state index in [9.17, 15) is 14.7 Å². The Morgan fingerprint density at radius 1 is 1.32 bits per heavy atom. The number of rotatable bonds is 7. The fraction of sp³-hybridized carbons (Fsp3) is 0.444. The van der Waals surface area contributed by atoms with Crippen LogP contribution in [0.2, 0.25) is 0 Å². The van der Waals surface area contributed by atoms with Gasteiger partial charge in [0.25, 0.3) is 0 Å². The molecule has 0 spiro atoms. The van der Waals surface area contributed by atoms with Gasteiger partial charge in [0.05, 0.1) is 11.7 Å². The highest BCUT2D eigenvalue weighted by Gasteiger charge is 2.27. The van der Waals surface area contributed by atoms with Crippen LogP contribution in [0.3, 0.4) is 0 Å². The van der Waals surface area contributed by atoms with Gasteiger partial charge in [-0.1, -0.05) is 12.5 Å². The van der Waals surface area contributed by atoms with E-state index >= 15 is 0 Å². The van der Waals surface area contributed by atoms with Crippen LogP contribution in [0.25, 0.3) is 11.0 Å². The van der Waals surface area contributed by atoms with E-state index in [2.05, 4.69) is 16.0 Å². The summed E-state index contributed by atoms with van der Waals surface area (Å²) < 4.78 is 10.9. The number of likely N-dealkylation sites (tertiary alicyclic amines) is 1. The van der Waals surface area contributed by atoms with Gasteiger partial charge in [-0.2, -0.15) is 0 Å². The minimum atomic E-state index is -0.443. The number of aromatic hydroxyl groups is 1. The summed E-state index contributed by atoms with van der Waals surface area (Å²) in [7, 11) is 0. The molecule has 1 fully saturated rings. The number of phenolic OH excluding ortho intramolecular Hbond substituents is 1.